The number of nitrogens with zero attached hydrogens (tertiary/aromatic N) is 2. The molecule has 3 N–H and O–H groups in total. The van der Waals surface area contributed by atoms with Crippen molar-refractivity contribution in [2.75, 3.05) is 19.6 Å². The van der Waals surface area contributed by atoms with Crippen LogP contribution in [0, 0.1) is 0 Å². The van der Waals surface area contributed by atoms with Crippen molar-refractivity contribution in [2.24, 2.45) is 0 Å². The fraction of sp³-hybridized carbons (Fsp3) is 0.833. The molecule has 3 fully saturated rings. The van der Waals surface area contributed by atoms with Gasteiger partial charge in [-0.1, -0.05) is 0 Å². The number of urea groups is 1. The van der Waals surface area contributed by atoms with Gasteiger partial charge in [0.1, 0.15) is 6.04 Å². The molecule has 3 aliphatic heterocycles. The van der Waals surface area contributed by atoms with Crippen molar-refractivity contribution in [1.29, 1.82) is 0 Å². The number of carbonyl (C=O) groups excluding carboxylic acids is 2. The average molecular weight is 268 g/mol. The number of hydrogen-bond acceptors (Lipinski definition) is 4. The van der Waals surface area contributed by atoms with Gasteiger partial charge in [0.15, 0.2) is 0 Å². The Bertz CT molecular complexity index is 383. The van der Waals surface area contributed by atoms with Gasteiger partial charge in [0.05, 0.1) is 6.04 Å². The number of amides is 3. The Morgan fingerprint density at radius 2 is 2.00 bits per heavy atom. The molecule has 7 heteroatoms. The summed E-state index contributed by atoms with van der Waals surface area (Å²) in [5, 5.41) is 16.7. The first-order chi connectivity index (χ1) is 9.16. The zero-order valence-electron chi connectivity index (χ0n) is 10.8. The van der Waals surface area contributed by atoms with E-state index in [0.717, 1.165) is 31.0 Å². The number of fused-ring (bicyclic) bond motifs is 2. The Morgan fingerprint density at radius 1 is 1.26 bits per heavy atom. The maximum Gasteiger partial charge on any atom is 0.344 e. The largest absolute Gasteiger partial charge is 0.351 e. The van der Waals surface area contributed by atoms with Crippen LogP contribution in [-0.2, 0) is 4.79 Å². The molecule has 3 saturated heterocycles. The fourth-order valence-electron chi connectivity index (χ4n) is 3.19. The van der Waals surface area contributed by atoms with E-state index in [9.17, 15) is 14.8 Å². The molecule has 0 aromatic heterocycles. The van der Waals surface area contributed by atoms with Crippen LogP contribution in [0.15, 0.2) is 0 Å². The van der Waals surface area contributed by atoms with E-state index in [1.165, 1.54) is 4.90 Å². The Morgan fingerprint density at radius 3 is 2.74 bits per heavy atom. The van der Waals surface area contributed by atoms with E-state index < -0.39 is 12.1 Å². The summed E-state index contributed by atoms with van der Waals surface area (Å²) in [5.41, 5.74) is 0. The highest BCUT2D eigenvalue weighted by Crippen LogP contribution is 2.28. The topological polar surface area (TPSA) is 84.9 Å². The second kappa shape index (κ2) is 4.97. The highest BCUT2D eigenvalue weighted by Gasteiger charge is 2.46. The molecule has 3 rings (SSSR count). The lowest BCUT2D eigenvalue weighted by atomic mass is 9.99. The van der Waals surface area contributed by atoms with Gasteiger partial charge in [-0.25, -0.2) is 9.86 Å². The molecule has 19 heavy (non-hydrogen) atoms. The number of rotatable bonds is 2. The van der Waals surface area contributed by atoms with E-state index in [0.29, 0.717) is 19.4 Å². The molecule has 2 bridgehead atoms. The highest BCUT2D eigenvalue weighted by atomic mass is 16.5. The lowest BCUT2D eigenvalue weighted by Crippen LogP contribution is -2.53. The lowest BCUT2D eigenvalue weighted by Gasteiger charge is -2.32. The van der Waals surface area contributed by atoms with Gasteiger partial charge in [0.2, 0.25) is 5.91 Å². The zero-order chi connectivity index (χ0) is 13.4. The summed E-state index contributed by atoms with van der Waals surface area (Å²) >= 11 is 0. The maximum absolute atomic E-state index is 12.3. The van der Waals surface area contributed by atoms with Crippen LogP contribution >= 0.6 is 0 Å². The molecule has 0 saturated carbocycles. The summed E-state index contributed by atoms with van der Waals surface area (Å²) in [5.74, 6) is -0.0750. The van der Waals surface area contributed by atoms with Crippen LogP contribution in [-0.4, -0.2) is 64.9 Å². The SMILES string of the molecule is O=C(NC1CCNCC1)[C@@H]1CC[C@@H]2CN1C(=O)N2O. The van der Waals surface area contributed by atoms with E-state index in [-0.39, 0.29) is 18.0 Å². The van der Waals surface area contributed by atoms with E-state index >= 15 is 0 Å². The minimum absolute atomic E-state index is 0.0750. The molecular weight excluding hydrogens is 248 g/mol. The third-order valence-electron chi connectivity index (χ3n) is 4.33. The number of hydroxylamine groups is 2. The second-order valence-electron chi connectivity index (χ2n) is 5.56. The summed E-state index contributed by atoms with van der Waals surface area (Å²) in [6.07, 6.45) is 3.18. The van der Waals surface area contributed by atoms with E-state index in [4.69, 9.17) is 0 Å². The van der Waals surface area contributed by atoms with Crippen LogP contribution in [0.3, 0.4) is 0 Å². The Hall–Kier alpha value is -1.34. The van der Waals surface area contributed by atoms with Crippen LogP contribution in [0.5, 0.6) is 0 Å². The van der Waals surface area contributed by atoms with E-state index in [2.05, 4.69) is 10.6 Å². The second-order valence-corrected chi connectivity index (χ2v) is 5.56. The first-order valence-corrected chi connectivity index (χ1v) is 6.96. The van der Waals surface area contributed by atoms with Crippen molar-refractivity contribution in [3.05, 3.63) is 0 Å². The van der Waals surface area contributed by atoms with Crippen molar-refractivity contribution in [3.63, 3.8) is 0 Å². The minimum Gasteiger partial charge on any atom is -0.351 e. The summed E-state index contributed by atoms with van der Waals surface area (Å²) < 4.78 is 0. The summed E-state index contributed by atoms with van der Waals surface area (Å²) in [6, 6.07) is -0.798. The lowest BCUT2D eigenvalue weighted by molar-refractivity contribution is -0.127. The van der Waals surface area contributed by atoms with Gasteiger partial charge < -0.3 is 15.5 Å². The van der Waals surface area contributed by atoms with Gasteiger partial charge in [-0.2, -0.15) is 0 Å². The van der Waals surface area contributed by atoms with Crippen LogP contribution in [0.25, 0.3) is 0 Å². The van der Waals surface area contributed by atoms with Crippen molar-refractivity contribution in [1.82, 2.24) is 20.6 Å². The molecule has 0 radical (unpaired) electrons. The van der Waals surface area contributed by atoms with Crippen LogP contribution in [0.1, 0.15) is 25.7 Å². The molecular formula is C12H20N4O3. The summed E-state index contributed by atoms with van der Waals surface area (Å²) in [7, 11) is 0. The monoisotopic (exact) mass is 268 g/mol. The molecule has 3 amide bonds. The third kappa shape index (κ3) is 2.28. The number of hydrogen-bond donors (Lipinski definition) is 3. The number of piperidine rings is 2. The maximum atomic E-state index is 12.3. The summed E-state index contributed by atoms with van der Waals surface area (Å²) in [6.45, 7) is 2.30. The summed E-state index contributed by atoms with van der Waals surface area (Å²) in [4.78, 5) is 25.6. The zero-order valence-corrected chi connectivity index (χ0v) is 10.8. The van der Waals surface area contributed by atoms with Gasteiger partial charge in [-0.05, 0) is 38.8 Å². The van der Waals surface area contributed by atoms with Gasteiger partial charge >= 0.3 is 6.03 Å². The van der Waals surface area contributed by atoms with Gasteiger partial charge in [0, 0.05) is 12.6 Å². The van der Waals surface area contributed by atoms with Crippen LogP contribution in [0.4, 0.5) is 4.79 Å². The molecule has 0 aromatic carbocycles. The van der Waals surface area contributed by atoms with Gasteiger partial charge in [0.25, 0.3) is 0 Å². The first kappa shape index (κ1) is 12.7. The van der Waals surface area contributed by atoms with Crippen molar-refractivity contribution < 1.29 is 14.8 Å². The molecule has 3 aliphatic rings. The predicted molar refractivity (Wildman–Crippen MR) is 66.6 cm³/mol. The highest BCUT2D eigenvalue weighted by molar-refractivity contribution is 5.88. The Kier molecular flexibility index (Phi) is 3.32. The molecule has 3 heterocycles. The predicted octanol–water partition coefficient (Wildman–Crippen LogP) is -0.488. The molecule has 2 atom stereocenters. The third-order valence-corrected chi connectivity index (χ3v) is 4.33. The molecule has 0 spiro atoms. The minimum atomic E-state index is -0.437. The molecule has 0 unspecified atom stereocenters. The standard InChI is InChI=1S/C12H20N4O3/c17-11(14-8-3-5-13-6-4-8)10-2-1-9-7-15(10)12(18)16(9)19/h8-10,13,19H,1-7H2,(H,14,17)/t9-,10+/m1/s1. The van der Waals surface area contributed by atoms with Crippen molar-refractivity contribution in [2.45, 2.75) is 43.8 Å². The van der Waals surface area contributed by atoms with E-state index in [1.807, 2.05) is 0 Å². The smallest absolute Gasteiger partial charge is 0.344 e. The van der Waals surface area contributed by atoms with Gasteiger partial charge in [-0.15, -0.1) is 0 Å². The quantitative estimate of drug-likeness (QED) is 0.590. The van der Waals surface area contributed by atoms with Gasteiger partial charge in [-0.3, -0.25) is 10.0 Å². The fourth-order valence-corrected chi connectivity index (χ4v) is 3.19. The molecule has 7 nitrogen and oxygen atoms in total. The van der Waals surface area contributed by atoms with Crippen LogP contribution < -0.4 is 10.6 Å². The number of carbonyl (C=O) groups is 2. The van der Waals surface area contributed by atoms with Crippen molar-refractivity contribution >= 4 is 11.9 Å². The van der Waals surface area contributed by atoms with Crippen LogP contribution in [0.2, 0.25) is 0 Å². The molecule has 106 valence electrons. The van der Waals surface area contributed by atoms with Crippen molar-refractivity contribution in [3.8, 4) is 0 Å². The normalized spacial score (nSPS) is 31.7. The first-order valence-electron chi connectivity index (χ1n) is 6.96. The number of nitrogens with one attached hydrogen (secondary N) is 2. The van der Waals surface area contributed by atoms with E-state index in [1.54, 1.807) is 0 Å². The average Bonchev–Trinajstić information content (AvgIpc) is 2.65. The molecule has 0 aromatic rings. The Labute approximate surface area is 111 Å². The Balaban J connectivity index is 1.62. The molecule has 0 aliphatic carbocycles.